The van der Waals surface area contributed by atoms with Gasteiger partial charge in [0.05, 0.1) is 0 Å². The Morgan fingerprint density at radius 1 is 1.56 bits per heavy atom. The van der Waals surface area contributed by atoms with Crippen LogP contribution in [0.1, 0.15) is 31.7 Å². The molecule has 2 unspecified atom stereocenters. The van der Waals surface area contributed by atoms with Crippen LogP contribution < -0.4 is 5.73 Å². The van der Waals surface area contributed by atoms with Gasteiger partial charge in [0.1, 0.15) is 5.82 Å². The first-order valence-corrected chi connectivity index (χ1v) is 6.10. The van der Waals surface area contributed by atoms with Crippen LogP contribution in [0.15, 0.2) is 18.2 Å². The molecule has 0 saturated heterocycles. The molecule has 1 saturated carbocycles. The number of rotatable bonds is 2. The SMILES string of the molecule is CC1CCC(N)(Cc2c(F)cccc2Cl)C1. The van der Waals surface area contributed by atoms with Gasteiger partial charge in [0, 0.05) is 16.1 Å². The van der Waals surface area contributed by atoms with Crippen molar-refractivity contribution in [2.24, 2.45) is 11.7 Å². The normalized spacial score (nSPS) is 29.6. The fourth-order valence-corrected chi connectivity index (χ4v) is 2.88. The third-order valence-electron chi connectivity index (χ3n) is 3.48. The average molecular weight is 242 g/mol. The van der Waals surface area contributed by atoms with Gasteiger partial charge in [-0.3, -0.25) is 0 Å². The topological polar surface area (TPSA) is 26.0 Å². The monoisotopic (exact) mass is 241 g/mol. The molecule has 0 heterocycles. The summed E-state index contributed by atoms with van der Waals surface area (Å²) in [6.07, 6.45) is 3.59. The molecule has 2 N–H and O–H groups in total. The Morgan fingerprint density at radius 2 is 2.31 bits per heavy atom. The van der Waals surface area contributed by atoms with E-state index in [-0.39, 0.29) is 11.4 Å². The maximum atomic E-state index is 13.6. The molecular formula is C13H17ClFN. The van der Waals surface area contributed by atoms with Gasteiger partial charge >= 0.3 is 0 Å². The van der Waals surface area contributed by atoms with Gasteiger partial charge in [0.2, 0.25) is 0 Å². The van der Waals surface area contributed by atoms with Crippen molar-refractivity contribution in [3.8, 4) is 0 Å². The standard InChI is InChI=1S/C13H17ClFN/c1-9-5-6-13(16,7-9)8-10-11(14)3-2-4-12(10)15/h2-4,9H,5-8,16H2,1H3. The molecule has 0 spiro atoms. The van der Waals surface area contributed by atoms with Crippen LogP contribution in [0.25, 0.3) is 0 Å². The van der Waals surface area contributed by atoms with E-state index in [4.69, 9.17) is 17.3 Å². The molecule has 3 heteroatoms. The molecule has 1 aromatic carbocycles. The van der Waals surface area contributed by atoms with Crippen molar-refractivity contribution in [2.75, 3.05) is 0 Å². The highest BCUT2D eigenvalue weighted by molar-refractivity contribution is 6.31. The van der Waals surface area contributed by atoms with E-state index in [1.54, 1.807) is 12.1 Å². The van der Waals surface area contributed by atoms with E-state index in [0.29, 0.717) is 22.9 Å². The van der Waals surface area contributed by atoms with Crippen LogP contribution in [0.3, 0.4) is 0 Å². The third-order valence-corrected chi connectivity index (χ3v) is 3.83. The lowest BCUT2D eigenvalue weighted by atomic mass is 9.89. The number of halogens is 2. The molecule has 1 fully saturated rings. The molecule has 1 aliphatic rings. The number of benzene rings is 1. The Kier molecular flexibility index (Phi) is 3.22. The van der Waals surface area contributed by atoms with E-state index in [0.717, 1.165) is 19.3 Å². The van der Waals surface area contributed by atoms with Gasteiger partial charge in [-0.25, -0.2) is 4.39 Å². The Bertz CT molecular complexity index is 373. The highest BCUT2D eigenvalue weighted by Gasteiger charge is 2.34. The molecule has 0 amide bonds. The summed E-state index contributed by atoms with van der Waals surface area (Å²) in [5.74, 6) is 0.396. The first-order chi connectivity index (χ1) is 7.50. The van der Waals surface area contributed by atoms with E-state index in [1.807, 2.05) is 0 Å². The predicted octanol–water partition coefficient (Wildman–Crippen LogP) is 3.54. The first-order valence-electron chi connectivity index (χ1n) is 5.72. The largest absolute Gasteiger partial charge is 0.325 e. The molecule has 0 aliphatic heterocycles. The van der Waals surface area contributed by atoms with Gasteiger partial charge in [0.15, 0.2) is 0 Å². The van der Waals surface area contributed by atoms with Crippen LogP contribution in [-0.2, 0) is 6.42 Å². The fraction of sp³-hybridized carbons (Fsp3) is 0.538. The minimum absolute atomic E-state index is 0.239. The zero-order chi connectivity index (χ0) is 11.8. The Balaban J connectivity index is 2.21. The van der Waals surface area contributed by atoms with Crippen molar-refractivity contribution in [2.45, 2.75) is 38.1 Å². The molecule has 1 aliphatic carbocycles. The first kappa shape index (κ1) is 11.9. The second-order valence-corrected chi connectivity index (χ2v) is 5.49. The lowest BCUT2D eigenvalue weighted by molar-refractivity contribution is 0.411. The highest BCUT2D eigenvalue weighted by atomic mass is 35.5. The van der Waals surface area contributed by atoms with E-state index in [9.17, 15) is 4.39 Å². The summed E-state index contributed by atoms with van der Waals surface area (Å²) in [5, 5.41) is 0.490. The molecule has 0 aromatic heterocycles. The number of hydrogen-bond acceptors (Lipinski definition) is 1. The second kappa shape index (κ2) is 4.34. The zero-order valence-electron chi connectivity index (χ0n) is 9.47. The molecule has 1 aromatic rings. The summed E-state index contributed by atoms with van der Waals surface area (Å²) >= 11 is 6.01. The average Bonchev–Trinajstić information content (AvgIpc) is 2.53. The van der Waals surface area contributed by atoms with Crippen molar-refractivity contribution in [1.82, 2.24) is 0 Å². The maximum Gasteiger partial charge on any atom is 0.127 e. The molecule has 0 bridgehead atoms. The molecule has 88 valence electrons. The van der Waals surface area contributed by atoms with E-state index >= 15 is 0 Å². The second-order valence-electron chi connectivity index (χ2n) is 5.09. The van der Waals surface area contributed by atoms with Crippen molar-refractivity contribution < 1.29 is 4.39 Å². The van der Waals surface area contributed by atoms with Crippen molar-refractivity contribution in [1.29, 1.82) is 0 Å². The molecule has 1 nitrogen and oxygen atoms in total. The smallest absolute Gasteiger partial charge is 0.127 e. The fourth-order valence-electron chi connectivity index (χ4n) is 2.65. The van der Waals surface area contributed by atoms with Crippen LogP contribution in [-0.4, -0.2) is 5.54 Å². The van der Waals surface area contributed by atoms with Crippen LogP contribution in [0.4, 0.5) is 4.39 Å². The molecular weight excluding hydrogens is 225 g/mol. The molecule has 0 radical (unpaired) electrons. The van der Waals surface area contributed by atoms with Crippen LogP contribution in [0.2, 0.25) is 5.02 Å². The van der Waals surface area contributed by atoms with Crippen molar-refractivity contribution in [3.63, 3.8) is 0 Å². The number of nitrogens with two attached hydrogens (primary N) is 1. The van der Waals surface area contributed by atoms with Crippen LogP contribution in [0, 0.1) is 11.7 Å². The maximum absolute atomic E-state index is 13.6. The predicted molar refractivity (Wildman–Crippen MR) is 65.0 cm³/mol. The van der Waals surface area contributed by atoms with Gasteiger partial charge in [-0.05, 0) is 43.7 Å². The lowest BCUT2D eigenvalue weighted by Gasteiger charge is -2.24. The Hall–Kier alpha value is -0.600. The van der Waals surface area contributed by atoms with Gasteiger partial charge < -0.3 is 5.73 Å². The van der Waals surface area contributed by atoms with Crippen molar-refractivity contribution in [3.05, 3.63) is 34.6 Å². The zero-order valence-corrected chi connectivity index (χ0v) is 10.2. The highest BCUT2D eigenvalue weighted by Crippen LogP contribution is 2.36. The lowest BCUT2D eigenvalue weighted by Crippen LogP contribution is -2.39. The number of hydrogen-bond donors (Lipinski definition) is 1. The summed E-state index contributed by atoms with van der Waals surface area (Å²) in [5.41, 5.74) is 6.59. The molecule has 2 rings (SSSR count). The third kappa shape index (κ3) is 2.38. The minimum Gasteiger partial charge on any atom is -0.325 e. The summed E-state index contributed by atoms with van der Waals surface area (Å²) in [4.78, 5) is 0. The summed E-state index contributed by atoms with van der Waals surface area (Å²) < 4.78 is 13.6. The Labute approximate surface area is 101 Å². The Morgan fingerprint density at radius 3 is 2.88 bits per heavy atom. The van der Waals surface area contributed by atoms with Crippen LogP contribution in [0.5, 0.6) is 0 Å². The summed E-state index contributed by atoms with van der Waals surface area (Å²) in [7, 11) is 0. The van der Waals surface area contributed by atoms with Gasteiger partial charge in [0.25, 0.3) is 0 Å². The summed E-state index contributed by atoms with van der Waals surface area (Å²) in [6.45, 7) is 2.19. The van der Waals surface area contributed by atoms with Crippen LogP contribution >= 0.6 is 11.6 Å². The van der Waals surface area contributed by atoms with E-state index < -0.39 is 0 Å². The van der Waals surface area contributed by atoms with Gasteiger partial charge in [-0.1, -0.05) is 24.6 Å². The molecule has 2 atom stereocenters. The minimum atomic E-state index is -0.273. The van der Waals surface area contributed by atoms with E-state index in [1.165, 1.54) is 6.07 Å². The molecule has 16 heavy (non-hydrogen) atoms. The van der Waals surface area contributed by atoms with E-state index in [2.05, 4.69) is 6.92 Å². The summed E-state index contributed by atoms with van der Waals surface area (Å²) in [6, 6.07) is 4.80. The van der Waals surface area contributed by atoms with Gasteiger partial charge in [-0.2, -0.15) is 0 Å². The quantitative estimate of drug-likeness (QED) is 0.842. The van der Waals surface area contributed by atoms with Gasteiger partial charge in [-0.15, -0.1) is 0 Å². The van der Waals surface area contributed by atoms with Crippen molar-refractivity contribution >= 4 is 11.6 Å².